The van der Waals surface area contributed by atoms with E-state index in [1.165, 1.54) is 0 Å². The average molecular weight is 228 g/mol. The van der Waals surface area contributed by atoms with E-state index in [0.717, 1.165) is 34.9 Å². The molecule has 0 unspecified atom stereocenters. The van der Waals surface area contributed by atoms with E-state index < -0.39 is 0 Å². The Morgan fingerprint density at radius 2 is 2.12 bits per heavy atom. The van der Waals surface area contributed by atoms with Gasteiger partial charge in [-0.05, 0) is 18.6 Å². The van der Waals surface area contributed by atoms with Crippen molar-refractivity contribution in [3.05, 3.63) is 35.9 Å². The lowest BCUT2D eigenvalue weighted by atomic mass is 10.1. The maximum atomic E-state index is 4.55. The van der Waals surface area contributed by atoms with Crippen LogP contribution in [0.4, 0.5) is 5.82 Å². The molecule has 0 aliphatic carbocycles. The molecule has 0 saturated heterocycles. The van der Waals surface area contributed by atoms with Gasteiger partial charge in [0.15, 0.2) is 0 Å². The smallest absolute Gasteiger partial charge is 0.131 e. The maximum absolute atomic E-state index is 4.55. The predicted octanol–water partition coefficient (Wildman–Crippen LogP) is 2.45. The van der Waals surface area contributed by atoms with Gasteiger partial charge in [0.2, 0.25) is 0 Å². The first kappa shape index (κ1) is 11.5. The fourth-order valence-electron chi connectivity index (χ4n) is 1.68. The molecule has 0 saturated carbocycles. The minimum Gasteiger partial charge on any atom is -0.373 e. The number of aromatic nitrogens is 3. The molecule has 4 heteroatoms. The molecule has 2 rings (SSSR count). The van der Waals surface area contributed by atoms with E-state index in [1.54, 1.807) is 6.20 Å². The summed E-state index contributed by atoms with van der Waals surface area (Å²) in [4.78, 5) is 13.0. The van der Waals surface area contributed by atoms with Gasteiger partial charge in [-0.2, -0.15) is 0 Å². The Hall–Kier alpha value is -1.97. The van der Waals surface area contributed by atoms with Crippen LogP contribution >= 0.6 is 0 Å². The van der Waals surface area contributed by atoms with E-state index in [4.69, 9.17) is 0 Å². The van der Waals surface area contributed by atoms with Crippen LogP contribution in [-0.2, 0) is 6.42 Å². The summed E-state index contributed by atoms with van der Waals surface area (Å²) in [5.41, 5.74) is 3.17. The van der Waals surface area contributed by atoms with E-state index >= 15 is 0 Å². The minimum absolute atomic E-state index is 0.826. The van der Waals surface area contributed by atoms with Crippen molar-refractivity contribution in [3.8, 4) is 11.3 Å². The topological polar surface area (TPSA) is 50.7 Å². The molecule has 0 aromatic carbocycles. The van der Waals surface area contributed by atoms with E-state index in [0.29, 0.717) is 0 Å². The molecule has 88 valence electrons. The summed E-state index contributed by atoms with van der Waals surface area (Å²) in [5, 5.41) is 3.06. The molecule has 2 aromatic heterocycles. The molecule has 4 nitrogen and oxygen atoms in total. The van der Waals surface area contributed by atoms with Crippen LogP contribution in [-0.4, -0.2) is 22.0 Å². The van der Waals surface area contributed by atoms with Crippen molar-refractivity contribution in [2.45, 2.75) is 20.3 Å². The molecule has 0 aliphatic heterocycles. The summed E-state index contributed by atoms with van der Waals surface area (Å²) < 4.78 is 0. The van der Waals surface area contributed by atoms with Crippen molar-refractivity contribution in [3.63, 3.8) is 0 Å². The van der Waals surface area contributed by atoms with Crippen LogP contribution in [0, 0.1) is 6.92 Å². The van der Waals surface area contributed by atoms with Crippen molar-refractivity contribution < 1.29 is 0 Å². The van der Waals surface area contributed by atoms with Crippen molar-refractivity contribution in [2.75, 3.05) is 12.4 Å². The molecular formula is C13H16N4. The number of hydrogen-bond acceptors (Lipinski definition) is 4. The lowest BCUT2D eigenvalue weighted by Crippen LogP contribution is -2.01. The zero-order valence-corrected chi connectivity index (χ0v) is 10.4. The molecule has 2 heterocycles. The van der Waals surface area contributed by atoms with Gasteiger partial charge >= 0.3 is 0 Å². The highest BCUT2D eigenvalue weighted by molar-refractivity contribution is 5.65. The molecular weight excluding hydrogens is 212 g/mol. The van der Waals surface area contributed by atoms with Crippen molar-refractivity contribution >= 4 is 5.82 Å². The van der Waals surface area contributed by atoms with Gasteiger partial charge in [-0.3, -0.25) is 4.98 Å². The summed E-state index contributed by atoms with van der Waals surface area (Å²) in [6, 6.07) is 3.94. The number of pyridine rings is 1. The Labute approximate surface area is 101 Å². The van der Waals surface area contributed by atoms with Crippen molar-refractivity contribution in [2.24, 2.45) is 0 Å². The molecule has 0 spiro atoms. The quantitative estimate of drug-likeness (QED) is 0.876. The fourth-order valence-corrected chi connectivity index (χ4v) is 1.68. The number of anilines is 1. The molecule has 0 bridgehead atoms. The van der Waals surface area contributed by atoms with Gasteiger partial charge in [0, 0.05) is 37.5 Å². The van der Waals surface area contributed by atoms with Crippen LogP contribution in [0.1, 0.15) is 18.3 Å². The third-order valence-electron chi connectivity index (χ3n) is 2.64. The van der Waals surface area contributed by atoms with Gasteiger partial charge in [0.05, 0.1) is 5.69 Å². The normalized spacial score (nSPS) is 10.3. The zero-order valence-electron chi connectivity index (χ0n) is 10.4. The van der Waals surface area contributed by atoms with Gasteiger partial charge in [-0.15, -0.1) is 0 Å². The lowest BCUT2D eigenvalue weighted by Gasteiger charge is -2.08. The molecule has 0 fully saturated rings. The molecule has 0 aliphatic rings. The van der Waals surface area contributed by atoms with Crippen LogP contribution in [0.25, 0.3) is 11.3 Å². The van der Waals surface area contributed by atoms with Crippen LogP contribution in [0.5, 0.6) is 0 Å². The molecule has 17 heavy (non-hydrogen) atoms. The first-order valence-corrected chi connectivity index (χ1v) is 5.71. The van der Waals surface area contributed by atoms with Gasteiger partial charge in [-0.1, -0.05) is 6.92 Å². The third-order valence-corrected chi connectivity index (χ3v) is 2.64. The van der Waals surface area contributed by atoms with Crippen molar-refractivity contribution in [1.82, 2.24) is 15.0 Å². The highest BCUT2D eigenvalue weighted by Gasteiger charge is 2.07. The van der Waals surface area contributed by atoms with Crippen LogP contribution in [0.2, 0.25) is 0 Å². The second-order valence-electron chi connectivity index (χ2n) is 3.85. The Bertz CT molecular complexity index is 500. The summed E-state index contributed by atoms with van der Waals surface area (Å²) in [7, 11) is 1.87. The molecule has 0 amide bonds. The zero-order chi connectivity index (χ0) is 12.3. The first-order chi connectivity index (χ1) is 8.24. The van der Waals surface area contributed by atoms with E-state index in [1.807, 2.05) is 32.3 Å². The van der Waals surface area contributed by atoms with E-state index in [-0.39, 0.29) is 0 Å². The summed E-state index contributed by atoms with van der Waals surface area (Å²) in [6.45, 7) is 4.09. The second-order valence-corrected chi connectivity index (χ2v) is 3.85. The largest absolute Gasteiger partial charge is 0.373 e. The summed E-state index contributed by atoms with van der Waals surface area (Å²) in [5.74, 6) is 1.70. The third kappa shape index (κ3) is 2.41. The lowest BCUT2D eigenvalue weighted by molar-refractivity contribution is 0.944. The SMILES string of the molecule is CCc1nc(NC)cc(-c2ccncc2C)n1. The van der Waals surface area contributed by atoms with E-state index in [9.17, 15) is 0 Å². The molecule has 2 aromatic rings. The van der Waals surface area contributed by atoms with Crippen LogP contribution < -0.4 is 5.32 Å². The Morgan fingerprint density at radius 1 is 1.29 bits per heavy atom. The number of nitrogens with zero attached hydrogens (tertiary/aromatic N) is 3. The van der Waals surface area contributed by atoms with E-state index in [2.05, 4.69) is 27.2 Å². The average Bonchev–Trinajstić information content (AvgIpc) is 2.38. The van der Waals surface area contributed by atoms with Crippen LogP contribution in [0.3, 0.4) is 0 Å². The molecule has 1 N–H and O–H groups in total. The number of aryl methyl sites for hydroxylation is 2. The molecule has 0 radical (unpaired) electrons. The molecule has 0 atom stereocenters. The van der Waals surface area contributed by atoms with Gasteiger partial charge in [-0.25, -0.2) is 9.97 Å². The first-order valence-electron chi connectivity index (χ1n) is 5.71. The number of rotatable bonds is 3. The maximum Gasteiger partial charge on any atom is 0.131 e. The predicted molar refractivity (Wildman–Crippen MR) is 68.9 cm³/mol. The van der Waals surface area contributed by atoms with Gasteiger partial charge in [0.1, 0.15) is 11.6 Å². The minimum atomic E-state index is 0.826. The summed E-state index contributed by atoms with van der Waals surface area (Å²) >= 11 is 0. The van der Waals surface area contributed by atoms with Gasteiger partial charge in [0.25, 0.3) is 0 Å². The Kier molecular flexibility index (Phi) is 3.32. The fraction of sp³-hybridized carbons (Fsp3) is 0.308. The standard InChI is InChI=1S/C13H16N4/c1-4-12-16-11(7-13(14-3)17-12)10-5-6-15-8-9(10)2/h5-8H,4H2,1-3H3,(H,14,16,17). The van der Waals surface area contributed by atoms with Crippen LogP contribution in [0.15, 0.2) is 24.5 Å². The Balaban J connectivity index is 2.55. The van der Waals surface area contributed by atoms with Crippen molar-refractivity contribution in [1.29, 1.82) is 0 Å². The summed E-state index contributed by atoms with van der Waals surface area (Å²) in [6.07, 6.45) is 4.46. The monoisotopic (exact) mass is 228 g/mol. The highest BCUT2D eigenvalue weighted by atomic mass is 15.0. The van der Waals surface area contributed by atoms with Gasteiger partial charge < -0.3 is 5.32 Å². The number of nitrogens with one attached hydrogen (secondary N) is 1. The Morgan fingerprint density at radius 3 is 2.76 bits per heavy atom. The number of hydrogen-bond donors (Lipinski definition) is 1. The highest BCUT2D eigenvalue weighted by Crippen LogP contribution is 2.22. The second kappa shape index (κ2) is 4.91.